The van der Waals surface area contributed by atoms with E-state index < -0.39 is 0 Å². The van der Waals surface area contributed by atoms with Gasteiger partial charge in [-0.25, -0.2) is 4.98 Å². The van der Waals surface area contributed by atoms with Crippen LogP contribution in [0.3, 0.4) is 0 Å². The third kappa shape index (κ3) is 2.00. The number of hydrogen-bond acceptors (Lipinski definition) is 2. The number of para-hydroxylation sites is 3. The maximum absolute atomic E-state index is 6.35. The summed E-state index contributed by atoms with van der Waals surface area (Å²) in [5.41, 5.74) is 3.35. The minimum atomic E-state index is 0.0556. The molecule has 22 heavy (non-hydrogen) atoms. The van der Waals surface area contributed by atoms with E-state index in [1.165, 1.54) is 5.52 Å². The molecule has 2 aromatic carbocycles. The average molecular weight is 292 g/mol. The lowest BCUT2D eigenvalue weighted by molar-refractivity contribution is 0.0758. The van der Waals surface area contributed by atoms with Crippen LogP contribution in [-0.2, 0) is 6.54 Å². The van der Waals surface area contributed by atoms with Crippen molar-refractivity contribution in [2.75, 3.05) is 0 Å². The van der Waals surface area contributed by atoms with Crippen LogP contribution in [0.15, 0.2) is 48.5 Å². The molecule has 112 valence electrons. The third-order valence-electron chi connectivity index (χ3n) is 4.37. The maximum atomic E-state index is 6.35. The number of ether oxygens (including phenoxy) is 1. The predicted octanol–water partition coefficient (Wildman–Crippen LogP) is 4.51. The molecule has 3 heteroatoms. The van der Waals surface area contributed by atoms with E-state index >= 15 is 0 Å². The van der Waals surface area contributed by atoms with Gasteiger partial charge in [0.05, 0.1) is 23.1 Å². The van der Waals surface area contributed by atoms with Crippen LogP contribution < -0.4 is 4.74 Å². The summed E-state index contributed by atoms with van der Waals surface area (Å²) in [7, 11) is 0. The first-order valence-electron chi connectivity index (χ1n) is 7.75. The highest BCUT2D eigenvalue weighted by molar-refractivity contribution is 5.82. The molecule has 3 aromatic rings. The van der Waals surface area contributed by atoms with E-state index in [0.717, 1.165) is 29.2 Å². The van der Waals surface area contributed by atoms with Gasteiger partial charge in [0.1, 0.15) is 17.7 Å². The molecular formula is C19H20N2O. The van der Waals surface area contributed by atoms with E-state index in [0.29, 0.717) is 0 Å². The van der Waals surface area contributed by atoms with Crippen molar-refractivity contribution >= 4 is 11.0 Å². The van der Waals surface area contributed by atoms with Gasteiger partial charge in [-0.2, -0.15) is 0 Å². The first-order valence-corrected chi connectivity index (χ1v) is 7.75. The Bertz CT molecular complexity index is 842. The molecule has 0 aliphatic carbocycles. The van der Waals surface area contributed by atoms with Crippen LogP contribution in [0.2, 0.25) is 0 Å². The Balaban J connectivity index is 2.01. The molecule has 1 aliphatic heterocycles. The Morgan fingerprint density at radius 3 is 2.59 bits per heavy atom. The monoisotopic (exact) mass is 292 g/mol. The Labute approximate surface area is 130 Å². The predicted molar refractivity (Wildman–Crippen MR) is 89.0 cm³/mol. The Morgan fingerprint density at radius 1 is 1.05 bits per heavy atom. The molecule has 0 saturated carbocycles. The normalized spacial score (nSPS) is 17.5. The van der Waals surface area contributed by atoms with Gasteiger partial charge in [0, 0.05) is 5.41 Å². The smallest absolute Gasteiger partial charge is 0.145 e. The van der Waals surface area contributed by atoms with Gasteiger partial charge in [0.15, 0.2) is 0 Å². The quantitative estimate of drug-likeness (QED) is 0.609. The highest BCUT2D eigenvalue weighted by Gasteiger charge is 2.32. The zero-order chi connectivity index (χ0) is 15.3. The summed E-state index contributed by atoms with van der Waals surface area (Å²) < 4.78 is 8.65. The topological polar surface area (TPSA) is 27.1 Å². The molecule has 0 spiro atoms. The first kappa shape index (κ1) is 13.4. The van der Waals surface area contributed by atoms with Gasteiger partial charge >= 0.3 is 0 Å². The van der Waals surface area contributed by atoms with Crippen LogP contribution >= 0.6 is 0 Å². The lowest BCUT2D eigenvalue weighted by Crippen LogP contribution is -2.35. The number of imidazole rings is 1. The fourth-order valence-corrected chi connectivity index (χ4v) is 3.03. The van der Waals surface area contributed by atoms with Crippen molar-refractivity contribution in [3.05, 3.63) is 48.5 Å². The van der Waals surface area contributed by atoms with E-state index in [9.17, 15) is 0 Å². The number of fused-ring (bicyclic) bond motifs is 5. The van der Waals surface area contributed by atoms with Gasteiger partial charge in [-0.1, -0.05) is 45.0 Å². The number of hydrogen-bond donors (Lipinski definition) is 0. The minimum Gasteiger partial charge on any atom is -0.487 e. The second kappa shape index (κ2) is 4.60. The molecule has 1 unspecified atom stereocenters. The molecule has 0 saturated heterocycles. The SMILES string of the molecule is CC(C)(C)C1Cn2c(nc3ccccc32)-c2ccccc2O1. The van der Waals surface area contributed by atoms with Crippen molar-refractivity contribution < 1.29 is 4.74 Å². The van der Waals surface area contributed by atoms with Gasteiger partial charge in [-0.05, 0) is 24.3 Å². The summed E-state index contributed by atoms with van der Waals surface area (Å²) in [6, 6.07) is 16.5. The van der Waals surface area contributed by atoms with Crippen LogP contribution in [0.1, 0.15) is 20.8 Å². The zero-order valence-electron chi connectivity index (χ0n) is 13.2. The molecule has 0 N–H and O–H groups in total. The average Bonchev–Trinajstić information content (AvgIpc) is 2.76. The van der Waals surface area contributed by atoms with Crippen LogP contribution in [0, 0.1) is 5.41 Å². The Hall–Kier alpha value is -2.29. The van der Waals surface area contributed by atoms with Crippen molar-refractivity contribution in [1.29, 1.82) is 0 Å². The summed E-state index contributed by atoms with van der Waals surface area (Å²) in [5.74, 6) is 1.93. The van der Waals surface area contributed by atoms with E-state index in [4.69, 9.17) is 9.72 Å². The molecule has 0 bridgehead atoms. The zero-order valence-corrected chi connectivity index (χ0v) is 13.2. The summed E-state index contributed by atoms with van der Waals surface area (Å²) in [6.45, 7) is 7.49. The van der Waals surface area contributed by atoms with Crippen molar-refractivity contribution in [2.45, 2.75) is 33.4 Å². The van der Waals surface area contributed by atoms with Crippen LogP contribution in [0.4, 0.5) is 0 Å². The number of benzene rings is 2. The van der Waals surface area contributed by atoms with E-state index in [1.54, 1.807) is 0 Å². The first-order chi connectivity index (χ1) is 10.5. The third-order valence-corrected chi connectivity index (χ3v) is 4.37. The fraction of sp³-hybridized carbons (Fsp3) is 0.316. The van der Waals surface area contributed by atoms with Crippen LogP contribution in [0.25, 0.3) is 22.4 Å². The molecule has 0 fully saturated rings. The highest BCUT2D eigenvalue weighted by atomic mass is 16.5. The molecule has 0 amide bonds. The highest BCUT2D eigenvalue weighted by Crippen LogP contribution is 2.38. The van der Waals surface area contributed by atoms with Gasteiger partial charge in [-0.15, -0.1) is 0 Å². The van der Waals surface area contributed by atoms with Crippen LogP contribution in [0.5, 0.6) is 5.75 Å². The van der Waals surface area contributed by atoms with Crippen LogP contribution in [-0.4, -0.2) is 15.7 Å². The van der Waals surface area contributed by atoms with Crippen molar-refractivity contribution in [2.24, 2.45) is 5.41 Å². The molecule has 3 nitrogen and oxygen atoms in total. The number of nitrogens with zero attached hydrogens (tertiary/aromatic N) is 2. The van der Waals surface area contributed by atoms with Crippen molar-refractivity contribution in [3.63, 3.8) is 0 Å². The van der Waals surface area contributed by atoms with Gasteiger partial charge in [0.2, 0.25) is 0 Å². The van der Waals surface area contributed by atoms with E-state index in [2.05, 4.69) is 49.6 Å². The van der Waals surface area contributed by atoms with Gasteiger partial charge in [0.25, 0.3) is 0 Å². The Morgan fingerprint density at radius 2 is 1.77 bits per heavy atom. The summed E-state index contributed by atoms with van der Waals surface area (Å²) in [4.78, 5) is 4.85. The molecule has 1 atom stereocenters. The second-order valence-electron chi connectivity index (χ2n) is 7.00. The number of rotatable bonds is 0. The van der Waals surface area contributed by atoms with Gasteiger partial charge in [-0.3, -0.25) is 0 Å². The number of aromatic nitrogens is 2. The standard InChI is InChI=1S/C19H20N2O/c1-19(2,3)17-12-21-15-10-6-5-9-14(15)20-18(21)13-8-4-7-11-16(13)22-17/h4-11,17H,12H2,1-3H3. The van der Waals surface area contributed by atoms with E-state index in [1.807, 2.05) is 24.3 Å². The van der Waals surface area contributed by atoms with Gasteiger partial charge < -0.3 is 9.30 Å². The molecular weight excluding hydrogens is 272 g/mol. The maximum Gasteiger partial charge on any atom is 0.145 e. The Kier molecular flexibility index (Phi) is 2.80. The van der Waals surface area contributed by atoms with Crippen molar-refractivity contribution in [1.82, 2.24) is 9.55 Å². The second-order valence-corrected chi connectivity index (χ2v) is 7.00. The summed E-state index contributed by atoms with van der Waals surface area (Å²) in [5, 5.41) is 0. The molecule has 1 aliphatic rings. The molecule has 0 radical (unpaired) electrons. The molecule has 2 heterocycles. The lowest BCUT2D eigenvalue weighted by atomic mass is 9.89. The minimum absolute atomic E-state index is 0.0556. The molecule has 1 aromatic heterocycles. The van der Waals surface area contributed by atoms with Crippen molar-refractivity contribution in [3.8, 4) is 17.1 Å². The largest absolute Gasteiger partial charge is 0.487 e. The summed E-state index contributed by atoms with van der Waals surface area (Å²) in [6.07, 6.45) is 0.104. The lowest BCUT2D eigenvalue weighted by Gasteiger charge is -2.30. The fourth-order valence-electron chi connectivity index (χ4n) is 3.03. The summed E-state index contributed by atoms with van der Waals surface area (Å²) >= 11 is 0. The molecule has 4 rings (SSSR count). The van der Waals surface area contributed by atoms with E-state index in [-0.39, 0.29) is 11.5 Å².